The molecule has 1 aliphatic rings. The number of nitrogens with zero attached hydrogens (tertiary/aromatic N) is 2. The summed E-state index contributed by atoms with van der Waals surface area (Å²) in [7, 11) is 0. The number of fused-ring (bicyclic) bond motifs is 2. The van der Waals surface area contributed by atoms with Gasteiger partial charge in [-0.2, -0.15) is 18.3 Å². The molecule has 3 nitrogen and oxygen atoms in total. The molecule has 5 aromatic rings. The minimum Gasteiger partial charge on any atom is -0.457 e. The van der Waals surface area contributed by atoms with Crippen LogP contribution in [0.4, 0.5) is 17.6 Å². The third-order valence-electron chi connectivity index (χ3n) is 7.10. The predicted octanol–water partition coefficient (Wildman–Crippen LogP) is 9.23. The molecular weight excluding hydrogens is 528 g/mol. The molecule has 0 fully saturated rings. The molecule has 1 heterocycles. The van der Waals surface area contributed by atoms with Crippen LogP contribution < -0.4 is 4.74 Å². The summed E-state index contributed by atoms with van der Waals surface area (Å²) in [4.78, 5) is 0. The molecule has 0 unspecified atom stereocenters. The van der Waals surface area contributed by atoms with Gasteiger partial charge in [-0.1, -0.05) is 54.1 Å². The van der Waals surface area contributed by atoms with E-state index in [0.717, 1.165) is 37.5 Å². The summed E-state index contributed by atoms with van der Waals surface area (Å²) in [5.74, 6) is 0.775. The van der Waals surface area contributed by atoms with E-state index in [4.69, 9.17) is 16.3 Å². The van der Waals surface area contributed by atoms with Gasteiger partial charge in [-0.15, -0.1) is 0 Å². The Balaban J connectivity index is 1.47. The van der Waals surface area contributed by atoms with Crippen molar-refractivity contribution >= 4 is 22.5 Å². The van der Waals surface area contributed by atoms with Gasteiger partial charge in [0.1, 0.15) is 22.8 Å². The Morgan fingerprint density at radius 3 is 2.51 bits per heavy atom. The van der Waals surface area contributed by atoms with Crippen molar-refractivity contribution < 1.29 is 22.3 Å². The predicted molar refractivity (Wildman–Crippen MR) is 144 cm³/mol. The molecule has 0 amide bonds. The zero-order chi connectivity index (χ0) is 27.1. The van der Waals surface area contributed by atoms with Gasteiger partial charge in [0.2, 0.25) is 0 Å². The third kappa shape index (κ3) is 4.99. The lowest BCUT2D eigenvalue weighted by atomic mass is 9.91. The Bertz CT molecular complexity index is 1690. The van der Waals surface area contributed by atoms with E-state index in [1.54, 1.807) is 30.3 Å². The van der Waals surface area contributed by atoms with Gasteiger partial charge in [0.15, 0.2) is 0 Å². The van der Waals surface area contributed by atoms with Gasteiger partial charge in [-0.3, -0.25) is 4.68 Å². The zero-order valence-corrected chi connectivity index (χ0v) is 21.5. The van der Waals surface area contributed by atoms with Crippen molar-refractivity contribution in [2.24, 2.45) is 0 Å². The lowest BCUT2D eigenvalue weighted by molar-refractivity contribution is -0.136. The summed E-state index contributed by atoms with van der Waals surface area (Å²) in [6.07, 6.45) is -0.395. The molecule has 0 atom stereocenters. The van der Waals surface area contributed by atoms with Crippen LogP contribution in [0, 0.1) is 5.82 Å². The highest BCUT2D eigenvalue weighted by molar-refractivity contribution is 6.30. The molecule has 39 heavy (non-hydrogen) atoms. The van der Waals surface area contributed by atoms with Gasteiger partial charge < -0.3 is 4.74 Å². The number of ether oxygens (including phenoxy) is 1. The van der Waals surface area contributed by atoms with Crippen molar-refractivity contribution in [2.75, 3.05) is 0 Å². The van der Waals surface area contributed by atoms with Crippen molar-refractivity contribution in [1.82, 2.24) is 9.78 Å². The van der Waals surface area contributed by atoms with E-state index in [1.807, 2.05) is 18.2 Å². The number of alkyl halides is 3. The van der Waals surface area contributed by atoms with Crippen LogP contribution in [0.1, 0.15) is 35.1 Å². The summed E-state index contributed by atoms with van der Waals surface area (Å²) >= 11 is 5.91. The van der Waals surface area contributed by atoms with Crippen LogP contribution in [0.25, 0.3) is 22.2 Å². The Morgan fingerprint density at radius 2 is 1.69 bits per heavy atom. The van der Waals surface area contributed by atoms with E-state index in [0.29, 0.717) is 22.4 Å². The lowest BCUT2D eigenvalue weighted by Gasteiger charge is -2.19. The van der Waals surface area contributed by atoms with Gasteiger partial charge in [-0.05, 0) is 73.2 Å². The molecule has 0 saturated heterocycles. The highest BCUT2D eigenvalue weighted by atomic mass is 35.5. The molecular formula is C31H23ClF4N2O. The monoisotopic (exact) mass is 550 g/mol. The number of aryl methyl sites for hydroxylation is 1. The second-order valence-corrected chi connectivity index (χ2v) is 10.1. The highest BCUT2D eigenvalue weighted by Gasteiger charge is 2.34. The lowest BCUT2D eigenvalue weighted by Crippen LogP contribution is -2.07. The number of hydrogen-bond acceptors (Lipinski definition) is 2. The van der Waals surface area contributed by atoms with Crippen LogP contribution in [-0.4, -0.2) is 9.78 Å². The fraction of sp³-hybridized carbons (Fsp3) is 0.194. The molecule has 4 aromatic carbocycles. The first kappa shape index (κ1) is 25.4. The normalized spacial score (nSPS) is 13.5. The Morgan fingerprint density at radius 1 is 0.897 bits per heavy atom. The average molecular weight is 551 g/mol. The second kappa shape index (κ2) is 10.0. The van der Waals surface area contributed by atoms with E-state index < -0.39 is 17.6 Å². The fourth-order valence-corrected chi connectivity index (χ4v) is 5.45. The first-order valence-electron chi connectivity index (χ1n) is 12.7. The first-order valence-corrected chi connectivity index (χ1v) is 13.1. The molecule has 0 radical (unpaired) electrons. The van der Waals surface area contributed by atoms with Gasteiger partial charge in [0.05, 0.1) is 17.8 Å². The molecule has 0 bridgehead atoms. The zero-order valence-electron chi connectivity index (χ0n) is 20.7. The Labute approximate surface area is 227 Å². The SMILES string of the molecule is Fc1cc(Cl)ccc1Cn1nc2c(C(F)(F)F)cccc2c1-c1cccc(Oc2cccc3c2CCCC3)c1. The van der Waals surface area contributed by atoms with Gasteiger partial charge in [0, 0.05) is 21.5 Å². The molecule has 0 spiro atoms. The van der Waals surface area contributed by atoms with Crippen LogP contribution >= 0.6 is 11.6 Å². The van der Waals surface area contributed by atoms with Crippen LogP contribution in [0.15, 0.2) is 78.9 Å². The van der Waals surface area contributed by atoms with Crippen molar-refractivity contribution in [3.05, 3.63) is 112 Å². The van der Waals surface area contributed by atoms with Crippen molar-refractivity contribution in [2.45, 2.75) is 38.4 Å². The standard InChI is InChI=1S/C31H23ClF4N2O/c32-22-15-14-21(27(33)17-22)18-38-30(25-11-5-12-26(29(25)37-38)31(34,35)36)20-8-3-9-23(16-20)39-28-13-4-7-19-6-1-2-10-24(19)28/h3-5,7-9,11-17H,1-2,6,10,18H2. The van der Waals surface area contributed by atoms with Crippen molar-refractivity contribution in [1.29, 1.82) is 0 Å². The van der Waals surface area contributed by atoms with Gasteiger partial charge >= 0.3 is 6.18 Å². The quantitative estimate of drug-likeness (QED) is 0.204. The molecule has 0 N–H and O–H groups in total. The van der Waals surface area contributed by atoms with Crippen molar-refractivity contribution in [3.63, 3.8) is 0 Å². The summed E-state index contributed by atoms with van der Waals surface area (Å²) in [6.45, 7) is -0.0818. The molecule has 0 saturated carbocycles. The van der Waals surface area contributed by atoms with E-state index >= 15 is 0 Å². The maximum atomic E-state index is 14.7. The van der Waals surface area contributed by atoms with Crippen LogP contribution in [0.2, 0.25) is 5.02 Å². The summed E-state index contributed by atoms with van der Waals surface area (Å²) in [5, 5.41) is 4.89. The smallest absolute Gasteiger partial charge is 0.418 e. The number of aromatic nitrogens is 2. The van der Waals surface area contributed by atoms with Crippen molar-refractivity contribution in [3.8, 4) is 22.8 Å². The van der Waals surface area contributed by atoms with Crippen LogP contribution in [0.3, 0.4) is 0 Å². The van der Waals surface area contributed by atoms with E-state index in [9.17, 15) is 17.6 Å². The summed E-state index contributed by atoms with van der Waals surface area (Å²) < 4.78 is 64.1. The molecule has 6 rings (SSSR count). The molecule has 198 valence electrons. The number of hydrogen-bond donors (Lipinski definition) is 0. The maximum absolute atomic E-state index is 14.7. The second-order valence-electron chi connectivity index (χ2n) is 9.67. The van der Waals surface area contributed by atoms with E-state index in [1.165, 1.54) is 34.0 Å². The van der Waals surface area contributed by atoms with E-state index in [-0.39, 0.29) is 22.6 Å². The Kier molecular flexibility index (Phi) is 6.55. The van der Waals surface area contributed by atoms with Crippen LogP contribution in [-0.2, 0) is 25.6 Å². The minimum atomic E-state index is -4.60. The maximum Gasteiger partial charge on any atom is 0.418 e. The molecule has 1 aromatic heterocycles. The van der Waals surface area contributed by atoms with Gasteiger partial charge in [-0.25, -0.2) is 4.39 Å². The topological polar surface area (TPSA) is 27.1 Å². The van der Waals surface area contributed by atoms with Crippen LogP contribution in [0.5, 0.6) is 11.5 Å². The fourth-order valence-electron chi connectivity index (χ4n) is 5.29. The number of halogens is 5. The largest absolute Gasteiger partial charge is 0.457 e. The molecule has 0 aliphatic heterocycles. The third-order valence-corrected chi connectivity index (χ3v) is 7.33. The Hall–Kier alpha value is -3.84. The number of benzene rings is 4. The van der Waals surface area contributed by atoms with E-state index in [2.05, 4.69) is 11.2 Å². The highest BCUT2D eigenvalue weighted by Crippen LogP contribution is 2.40. The average Bonchev–Trinajstić information content (AvgIpc) is 3.28. The number of rotatable bonds is 5. The summed E-state index contributed by atoms with van der Waals surface area (Å²) in [5.41, 5.74) is 2.73. The summed E-state index contributed by atoms with van der Waals surface area (Å²) in [6, 6.07) is 21.4. The molecule has 8 heteroatoms. The van der Waals surface area contributed by atoms with Gasteiger partial charge in [0.25, 0.3) is 0 Å². The molecule has 1 aliphatic carbocycles. The minimum absolute atomic E-state index is 0.0818. The first-order chi connectivity index (χ1) is 18.8.